The summed E-state index contributed by atoms with van der Waals surface area (Å²) >= 11 is 0. The van der Waals surface area contributed by atoms with Crippen LogP contribution in [0.5, 0.6) is 0 Å². The number of hydrazine groups is 1. The van der Waals surface area contributed by atoms with Crippen molar-refractivity contribution in [2.24, 2.45) is 5.41 Å². The molecule has 5 heteroatoms. The number of rotatable bonds is 2. The third kappa shape index (κ3) is 2.06. The van der Waals surface area contributed by atoms with E-state index in [1.54, 1.807) is 18.0 Å². The minimum atomic E-state index is -1.60. The molecule has 21 heavy (non-hydrogen) atoms. The number of nitrogens with zero attached hydrogens (tertiary/aromatic N) is 2. The quantitative estimate of drug-likeness (QED) is 0.837. The third-order valence-electron chi connectivity index (χ3n) is 4.98. The molecular formula is C16H20F2N2O. The van der Waals surface area contributed by atoms with Gasteiger partial charge in [0.2, 0.25) is 5.91 Å². The Bertz CT molecular complexity index is 584. The smallest absolute Gasteiger partial charge is 0.247 e. The van der Waals surface area contributed by atoms with Gasteiger partial charge in [0.15, 0.2) is 0 Å². The van der Waals surface area contributed by atoms with Crippen molar-refractivity contribution in [1.29, 1.82) is 0 Å². The van der Waals surface area contributed by atoms with E-state index in [-0.39, 0.29) is 17.8 Å². The lowest BCUT2D eigenvalue weighted by Crippen LogP contribution is -2.46. The molecule has 0 N–H and O–H groups in total. The normalized spacial score (nSPS) is 30.0. The van der Waals surface area contributed by atoms with Crippen molar-refractivity contribution in [3.8, 4) is 0 Å². The first-order chi connectivity index (χ1) is 9.74. The van der Waals surface area contributed by atoms with E-state index in [9.17, 15) is 13.6 Å². The van der Waals surface area contributed by atoms with Crippen LogP contribution in [0, 0.1) is 11.2 Å². The molecule has 0 unspecified atom stereocenters. The molecule has 1 amide bonds. The maximum atomic E-state index is 14.5. The molecule has 2 fully saturated rings. The number of carbonyl (C=O) groups is 1. The summed E-state index contributed by atoms with van der Waals surface area (Å²) in [6, 6.07) is 6.11. The average Bonchev–Trinajstić information content (AvgIpc) is 2.89. The molecule has 0 aromatic heterocycles. The molecule has 0 saturated carbocycles. The monoisotopic (exact) mass is 294 g/mol. The molecule has 0 aliphatic carbocycles. The molecular weight excluding hydrogens is 274 g/mol. The lowest BCUT2D eigenvalue weighted by molar-refractivity contribution is -0.147. The molecule has 2 heterocycles. The molecule has 0 radical (unpaired) electrons. The van der Waals surface area contributed by atoms with Gasteiger partial charge in [-0.2, -0.15) is 0 Å². The lowest BCUT2D eigenvalue weighted by Gasteiger charge is -2.33. The maximum absolute atomic E-state index is 14.5. The summed E-state index contributed by atoms with van der Waals surface area (Å²) < 4.78 is 27.9. The summed E-state index contributed by atoms with van der Waals surface area (Å²) in [7, 11) is 0. The number of hydrogen-bond donors (Lipinski definition) is 0. The van der Waals surface area contributed by atoms with Gasteiger partial charge < -0.3 is 0 Å². The van der Waals surface area contributed by atoms with Crippen molar-refractivity contribution in [2.45, 2.75) is 38.9 Å². The van der Waals surface area contributed by atoms with Gasteiger partial charge in [-0.05, 0) is 44.9 Å². The predicted octanol–water partition coefficient (Wildman–Crippen LogP) is 3.08. The van der Waals surface area contributed by atoms with E-state index in [1.165, 1.54) is 26.0 Å². The zero-order valence-corrected chi connectivity index (χ0v) is 12.6. The van der Waals surface area contributed by atoms with E-state index in [0.29, 0.717) is 13.1 Å². The number of amides is 1. The van der Waals surface area contributed by atoms with E-state index < -0.39 is 11.1 Å². The Kier molecular flexibility index (Phi) is 3.10. The van der Waals surface area contributed by atoms with Crippen molar-refractivity contribution >= 4 is 5.91 Å². The largest absolute Gasteiger partial charge is 0.273 e. The molecule has 3 nitrogen and oxygen atoms in total. The highest BCUT2D eigenvalue weighted by molar-refractivity contribution is 5.86. The van der Waals surface area contributed by atoms with Crippen molar-refractivity contribution in [3.05, 3.63) is 35.6 Å². The zero-order valence-electron chi connectivity index (χ0n) is 12.6. The van der Waals surface area contributed by atoms with Crippen LogP contribution in [0.3, 0.4) is 0 Å². The van der Waals surface area contributed by atoms with Gasteiger partial charge in [-0.3, -0.25) is 9.80 Å². The zero-order chi connectivity index (χ0) is 15.4. The average molecular weight is 294 g/mol. The van der Waals surface area contributed by atoms with Gasteiger partial charge in [0, 0.05) is 13.1 Å². The Balaban J connectivity index is 1.95. The molecule has 1 aromatic rings. The SMILES string of the molecule is CC(C)(F)[C@@]1(C)CN2CC[C@@H](c3cccc(F)c3)N2C1=O. The number of hydrogen-bond acceptors (Lipinski definition) is 2. The molecule has 0 bridgehead atoms. The summed E-state index contributed by atoms with van der Waals surface area (Å²) in [4.78, 5) is 12.8. The second-order valence-corrected chi connectivity index (χ2v) is 6.70. The third-order valence-corrected chi connectivity index (χ3v) is 4.98. The highest BCUT2D eigenvalue weighted by Crippen LogP contribution is 2.48. The second kappa shape index (κ2) is 4.50. The Morgan fingerprint density at radius 1 is 1.38 bits per heavy atom. The van der Waals surface area contributed by atoms with Gasteiger partial charge in [-0.25, -0.2) is 13.8 Å². The number of alkyl halides is 1. The molecule has 3 rings (SSSR count). The van der Waals surface area contributed by atoms with Crippen LogP contribution in [0.1, 0.15) is 38.8 Å². The fourth-order valence-corrected chi connectivity index (χ4v) is 3.27. The first-order valence-corrected chi connectivity index (χ1v) is 7.27. The van der Waals surface area contributed by atoms with Crippen molar-refractivity contribution in [3.63, 3.8) is 0 Å². The van der Waals surface area contributed by atoms with Crippen LogP contribution in [0.2, 0.25) is 0 Å². The highest BCUT2D eigenvalue weighted by atomic mass is 19.1. The molecule has 2 saturated heterocycles. The van der Waals surface area contributed by atoms with Crippen LogP contribution in [0.15, 0.2) is 24.3 Å². The van der Waals surface area contributed by atoms with Gasteiger partial charge in [-0.1, -0.05) is 12.1 Å². The Labute approximate surface area is 123 Å². The highest BCUT2D eigenvalue weighted by Gasteiger charge is 2.59. The molecule has 2 aliphatic rings. The predicted molar refractivity (Wildman–Crippen MR) is 75.5 cm³/mol. The summed E-state index contributed by atoms with van der Waals surface area (Å²) in [5.41, 5.74) is -1.88. The standard InChI is InChI=1S/C16H20F2N2O/c1-15(2,18)16(3)10-19-8-7-13(20(19)14(16)21)11-5-4-6-12(17)9-11/h4-6,9,13H,7-8,10H2,1-3H3/t13-,16-/m0/s1. The summed E-state index contributed by atoms with van der Waals surface area (Å²) in [6.07, 6.45) is 0.748. The molecule has 1 aromatic carbocycles. The van der Waals surface area contributed by atoms with E-state index in [1.807, 2.05) is 11.1 Å². The van der Waals surface area contributed by atoms with E-state index in [0.717, 1.165) is 12.0 Å². The van der Waals surface area contributed by atoms with E-state index in [2.05, 4.69) is 0 Å². The fraction of sp³-hybridized carbons (Fsp3) is 0.562. The number of benzene rings is 1. The van der Waals surface area contributed by atoms with Crippen LogP contribution in [0.25, 0.3) is 0 Å². The Hall–Kier alpha value is -1.49. The first kappa shape index (κ1) is 14.4. The molecule has 0 spiro atoms. The maximum Gasteiger partial charge on any atom is 0.247 e. The van der Waals surface area contributed by atoms with Crippen LogP contribution in [-0.2, 0) is 4.79 Å². The number of fused-ring (bicyclic) bond motifs is 1. The van der Waals surface area contributed by atoms with Gasteiger partial charge in [-0.15, -0.1) is 0 Å². The summed E-state index contributed by atoms with van der Waals surface area (Å²) in [5.74, 6) is -0.520. The minimum Gasteiger partial charge on any atom is -0.273 e. The number of carbonyl (C=O) groups excluding carboxylic acids is 1. The first-order valence-electron chi connectivity index (χ1n) is 7.27. The molecule has 114 valence electrons. The second-order valence-electron chi connectivity index (χ2n) is 6.70. The molecule has 2 aliphatic heterocycles. The van der Waals surface area contributed by atoms with Crippen LogP contribution < -0.4 is 0 Å². The van der Waals surface area contributed by atoms with Crippen LogP contribution >= 0.6 is 0 Å². The topological polar surface area (TPSA) is 23.6 Å². The Morgan fingerprint density at radius 2 is 2.10 bits per heavy atom. The van der Waals surface area contributed by atoms with Gasteiger partial charge in [0.25, 0.3) is 0 Å². The number of halogens is 2. The summed E-state index contributed by atoms with van der Waals surface area (Å²) in [5, 5.41) is 3.54. The van der Waals surface area contributed by atoms with Crippen molar-refractivity contribution in [1.82, 2.24) is 10.0 Å². The van der Waals surface area contributed by atoms with Crippen LogP contribution in [0.4, 0.5) is 8.78 Å². The minimum absolute atomic E-state index is 0.197. The van der Waals surface area contributed by atoms with Crippen LogP contribution in [-0.4, -0.2) is 34.7 Å². The van der Waals surface area contributed by atoms with Gasteiger partial charge in [0.1, 0.15) is 11.5 Å². The van der Waals surface area contributed by atoms with Gasteiger partial charge in [0.05, 0.1) is 11.5 Å². The lowest BCUT2D eigenvalue weighted by atomic mass is 9.76. The summed E-state index contributed by atoms with van der Waals surface area (Å²) in [6.45, 7) is 5.65. The van der Waals surface area contributed by atoms with E-state index >= 15 is 0 Å². The fourth-order valence-electron chi connectivity index (χ4n) is 3.27. The molecule has 2 atom stereocenters. The van der Waals surface area contributed by atoms with Crippen molar-refractivity contribution < 1.29 is 13.6 Å². The van der Waals surface area contributed by atoms with Crippen molar-refractivity contribution in [2.75, 3.05) is 13.1 Å². The van der Waals surface area contributed by atoms with Gasteiger partial charge >= 0.3 is 0 Å². The van der Waals surface area contributed by atoms with E-state index in [4.69, 9.17) is 0 Å². The Morgan fingerprint density at radius 3 is 2.71 bits per heavy atom.